The van der Waals surface area contributed by atoms with Crippen molar-refractivity contribution in [3.05, 3.63) is 54.1 Å². The summed E-state index contributed by atoms with van der Waals surface area (Å²) in [5.74, 6) is 0.802. The molecular weight excluding hydrogens is 449 g/mol. The molecule has 0 aromatic heterocycles. The number of aliphatic hydroxyl groups excluding tert-OH is 1. The highest BCUT2D eigenvalue weighted by molar-refractivity contribution is 5.49. The van der Waals surface area contributed by atoms with Gasteiger partial charge in [0.05, 0.1) is 18.3 Å². The minimum absolute atomic E-state index is 0.0455. The molecule has 1 saturated heterocycles. The third kappa shape index (κ3) is 9.60. The predicted octanol–water partition coefficient (Wildman–Crippen LogP) is 6.07. The van der Waals surface area contributed by atoms with Crippen LogP contribution < -0.4 is 4.74 Å². The van der Waals surface area contributed by atoms with Crippen molar-refractivity contribution in [1.82, 2.24) is 0 Å². The molecule has 3 rings (SSSR count). The van der Waals surface area contributed by atoms with Crippen molar-refractivity contribution >= 4 is 6.29 Å². The van der Waals surface area contributed by atoms with Gasteiger partial charge in [-0.15, -0.1) is 0 Å². The number of carbonyl (C=O) groups is 1. The highest BCUT2D eigenvalue weighted by Crippen LogP contribution is 2.44. The Morgan fingerprint density at radius 1 is 1.12 bits per heavy atom. The zero-order valence-electron chi connectivity index (χ0n) is 19.7. The van der Waals surface area contributed by atoms with Gasteiger partial charge in [-0.3, -0.25) is 0 Å². The fourth-order valence-corrected chi connectivity index (χ4v) is 3.97. The van der Waals surface area contributed by atoms with Crippen LogP contribution in [0.2, 0.25) is 0 Å². The van der Waals surface area contributed by atoms with E-state index in [1.807, 2.05) is 6.08 Å². The monoisotopic (exact) mass is 484 g/mol. The number of benzene rings is 1. The maximum absolute atomic E-state index is 12.8. The van der Waals surface area contributed by atoms with Gasteiger partial charge in [0.15, 0.2) is 0 Å². The summed E-state index contributed by atoms with van der Waals surface area (Å²) >= 11 is 0. The summed E-state index contributed by atoms with van der Waals surface area (Å²) in [7, 11) is 0. The first-order valence-corrected chi connectivity index (χ1v) is 11.8. The van der Waals surface area contributed by atoms with E-state index >= 15 is 0 Å². The number of carbonyl (C=O) groups excluding carboxylic acids is 1. The molecule has 0 radical (unpaired) electrons. The Kier molecular flexibility index (Phi) is 11.8. The molecule has 1 aliphatic carbocycles. The lowest BCUT2D eigenvalue weighted by Crippen LogP contribution is -2.28. The molecule has 0 amide bonds. The molecule has 2 fully saturated rings. The van der Waals surface area contributed by atoms with Gasteiger partial charge in [0.25, 0.3) is 0 Å². The highest BCUT2D eigenvalue weighted by atomic mass is 19.4. The molecule has 1 aromatic rings. The van der Waals surface area contributed by atoms with Gasteiger partial charge in [-0.05, 0) is 57.7 Å². The molecule has 1 aliphatic heterocycles. The van der Waals surface area contributed by atoms with Crippen LogP contribution in [-0.4, -0.2) is 36.3 Å². The molecule has 1 heterocycles. The fourth-order valence-electron chi connectivity index (χ4n) is 3.97. The van der Waals surface area contributed by atoms with E-state index in [0.717, 1.165) is 44.1 Å². The Hall–Kier alpha value is -2.16. The lowest BCUT2D eigenvalue weighted by atomic mass is 9.89. The van der Waals surface area contributed by atoms with E-state index in [4.69, 9.17) is 19.6 Å². The van der Waals surface area contributed by atoms with Crippen molar-refractivity contribution in [3.8, 4) is 5.75 Å². The lowest BCUT2D eigenvalue weighted by molar-refractivity contribution is -0.336. The van der Waals surface area contributed by atoms with Crippen LogP contribution in [0.15, 0.2) is 48.6 Å². The van der Waals surface area contributed by atoms with Crippen LogP contribution in [-0.2, 0) is 20.7 Å². The number of halogens is 3. The van der Waals surface area contributed by atoms with Crippen LogP contribution in [0.4, 0.5) is 13.2 Å². The largest absolute Gasteiger partial charge is 0.493 e. The SMILES string of the molecule is CC(C)O.O=CCCC/C=C\C[C@@H]1C(/C=C/CCOc2cccc(C(F)(F)F)c2)[C@H]2C[C@@H]1OO2. The minimum atomic E-state index is -4.37. The number of alkyl halides is 3. The number of hydrogen-bond acceptors (Lipinski definition) is 5. The van der Waals surface area contributed by atoms with Gasteiger partial charge in [-0.1, -0.05) is 30.4 Å². The van der Waals surface area contributed by atoms with Crippen LogP contribution in [0, 0.1) is 11.8 Å². The van der Waals surface area contributed by atoms with E-state index in [0.29, 0.717) is 25.4 Å². The maximum atomic E-state index is 12.8. The number of hydrogen-bond donors (Lipinski definition) is 1. The average molecular weight is 485 g/mol. The molecule has 2 bridgehead atoms. The quantitative estimate of drug-likeness (QED) is 0.179. The van der Waals surface area contributed by atoms with Gasteiger partial charge < -0.3 is 14.6 Å². The topological polar surface area (TPSA) is 65.0 Å². The van der Waals surface area contributed by atoms with Gasteiger partial charge in [0, 0.05) is 30.8 Å². The first-order chi connectivity index (χ1) is 16.2. The third-order valence-electron chi connectivity index (χ3n) is 5.51. The molecule has 5 nitrogen and oxygen atoms in total. The second-order valence-electron chi connectivity index (χ2n) is 8.74. The Bertz CT molecular complexity index is 788. The first kappa shape index (κ1) is 28.1. The smallest absolute Gasteiger partial charge is 0.416 e. The summed E-state index contributed by atoms with van der Waals surface area (Å²) in [6, 6.07) is 4.92. The second-order valence-corrected chi connectivity index (χ2v) is 8.74. The second kappa shape index (κ2) is 14.3. The average Bonchev–Trinajstić information content (AvgIpc) is 3.37. The predicted molar refractivity (Wildman–Crippen MR) is 123 cm³/mol. The van der Waals surface area contributed by atoms with E-state index in [-0.39, 0.29) is 30.0 Å². The van der Waals surface area contributed by atoms with E-state index < -0.39 is 11.7 Å². The Labute approximate surface area is 199 Å². The molecule has 1 aromatic carbocycles. The van der Waals surface area contributed by atoms with Crippen molar-refractivity contribution in [2.24, 2.45) is 11.8 Å². The normalized spacial score (nSPS) is 24.1. The minimum Gasteiger partial charge on any atom is -0.493 e. The number of fused-ring (bicyclic) bond motifs is 2. The Morgan fingerprint density at radius 2 is 1.85 bits per heavy atom. The summed E-state index contributed by atoms with van der Waals surface area (Å²) in [4.78, 5) is 21.1. The molecule has 34 heavy (non-hydrogen) atoms. The summed E-state index contributed by atoms with van der Waals surface area (Å²) in [5.41, 5.74) is -0.711. The van der Waals surface area contributed by atoms with E-state index in [9.17, 15) is 18.0 Å². The van der Waals surface area contributed by atoms with E-state index in [1.54, 1.807) is 13.8 Å². The molecule has 0 spiro atoms. The highest BCUT2D eigenvalue weighted by Gasteiger charge is 2.49. The Morgan fingerprint density at radius 3 is 2.56 bits per heavy atom. The maximum Gasteiger partial charge on any atom is 0.416 e. The molecule has 2 aliphatic rings. The van der Waals surface area contributed by atoms with Crippen LogP contribution in [0.25, 0.3) is 0 Å². The number of unbranched alkanes of at least 4 members (excludes halogenated alkanes) is 2. The van der Waals surface area contributed by atoms with Gasteiger partial charge in [-0.25, -0.2) is 9.78 Å². The number of allylic oxidation sites excluding steroid dienone is 2. The molecule has 1 N–H and O–H groups in total. The fraction of sp³-hybridized carbons (Fsp3) is 0.577. The van der Waals surface area contributed by atoms with Crippen LogP contribution >= 0.6 is 0 Å². The van der Waals surface area contributed by atoms with Crippen molar-refractivity contribution in [2.75, 3.05) is 6.61 Å². The van der Waals surface area contributed by atoms with Crippen molar-refractivity contribution in [1.29, 1.82) is 0 Å². The molecule has 4 atom stereocenters. The third-order valence-corrected chi connectivity index (χ3v) is 5.51. The number of aliphatic hydroxyl groups is 1. The summed E-state index contributed by atoms with van der Waals surface area (Å²) < 4.78 is 43.7. The molecule has 1 saturated carbocycles. The van der Waals surface area contributed by atoms with Crippen LogP contribution in [0.5, 0.6) is 5.75 Å². The summed E-state index contributed by atoms with van der Waals surface area (Å²) in [6.07, 6.45) is 9.62. The lowest BCUT2D eigenvalue weighted by Gasteiger charge is -2.27. The molecule has 8 heteroatoms. The molecular formula is C26H35F3O5. The van der Waals surface area contributed by atoms with Crippen LogP contribution in [0.3, 0.4) is 0 Å². The Balaban J connectivity index is 0.000000945. The van der Waals surface area contributed by atoms with Gasteiger partial charge in [-0.2, -0.15) is 13.2 Å². The van der Waals surface area contributed by atoms with Crippen molar-refractivity contribution in [2.45, 2.75) is 76.9 Å². The zero-order chi connectivity index (χ0) is 25.0. The first-order valence-electron chi connectivity index (χ1n) is 11.8. The number of aldehydes is 1. The number of rotatable bonds is 11. The number of ether oxygens (including phenoxy) is 1. The van der Waals surface area contributed by atoms with Crippen molar-refractivity contribution < 1.29 is 37.6 Å². The van der Waals surface area contributed by atoms with Gasteiger partial charge >= 0.3 is 6.18 Å². The van der Waals surface area contributed by atoms with Crippen molar-refractivity contribution in [3.63, 3.8) is 0 Å². The molecule has 1 unspecified atom stereocenters. The molecule has 190 valence electrons. The van der Waals surface area contributed by atoms with E-state index in [1.165, 1.54) is 12.1 Å². The summed E-state index contributed by atoms with van der Waals surface area (Å²) in [5, 5.41) is 8.06. The zero-order valence-corrected chi connectivity index (χ0v) is 19.7. The van der Waals surface area contributed by atoms with Gasteiger partial charge in [0.1, 0.15) is 18.1 Å². The van der Waals surface area contributed by atoms with Crippen LogP contribution in [0.1, 0.15) is 57.9 Å². The van der Waals surface area contributed by atoms with E-state index in [2.05, 4.69) is 18.2 Å². The van der Waals surface area contributed by atoms with Gasteiger partial charge in [0.2, 0.25) is 0 Å². The summed E-state index contributed by atoms with van der Waals surface area (Å²) in [6.45, 7) is 3.75. The standard InChI is InChI=1S/C23H27F3O4.C3H8O/c24-23(25,26)17-9-8-10-18(15-17)28-14-7-5-12-20-19(21-16-22(20)30-29-21)11-4-2-1-3-6-13-27;1-3(2)4/h2,4-5,8-10,12-13,15,19-22H,1,3,6-7,11,14,16H2;3-4H,1-2H3/b4-2-,12-5+;/t19-,20?,21+,22-;/m1./s1.